The Hall–Kier alpha value is -8.20. The molecule has 0 fully saturated rings. The molecule has 12 aromatic rings. The summed E-state index contributed by atoms with van der Waals surface area (Å²) in [7, 11) is 0. The third-order valence-electron chi connectivity index (χ3n) is 12.5. The van der Waals surface area contributed by atoms with Crippen LogP contribution in [0.5, 0.6) is 0 Å². The summed E-state index contributed by atoms with van der Waals surface area (Å²) < 4.78 is 6.38. The van der Waals surface area contributed by atoms with Crippen LogP contribution in [0.3, 0.4) is 0 Å². The largest absolute Gasteiger partial charge is 0.456 e. The molecule has 1 aromatic heterocycles. The Morgan fingerprint density at radius 3 is 1.40 bits per heavy atom. The third-order valence-corrected chi connectivity index (χ3v) is 12.5. The summed E-state index contributed by atoms with van der Waals surface area (Å²) in [5.41, 5.74) is 14.6. The maximum atomic E-state index is 6.38. The number of hydrogen-bond acceptors (Lipinski definition) is 2. The standard InChI is InChI=1S/C60H39NO/c1-3-14-50-44(11-1)13-9-19-51(50)45-33-37-49(38-34-45)61(57-20-10-22-59-60(57)55-18-7-8-21-58(55)62-59)48-35-31-43(32-36-48)41-25-23-40(24-26-41)42-27-29-46(30-28-42)56-39-47-12-2-4-15-52(47)53-16-5-6-17-54(53)56/h1-39H. The Kier molecular flexibility index (Phi) is 8.53. The van der Waals surface area contributed by atoms with Gasteiger partial charge in [0.25, 0.3) is 0 Å². The van der Waals surface area contributed by atoms with Crippen LogP contribution in [0.1, 0.15) is 0 Å². The third kappa shape index (κ3) is 6.12. The molecule has 0 unspecified atom stereocenters. The van der Waals surface area contributed by atoms with Crippen molar-refractivity contribution < 1.29 is 4.42 Å². The molecular weight excluding hydrogens is 751 g/mol. The molecule has 2 heteroatoms. The van der Waals surface area contributed by atoms with Crippen LogP contribution in [0.25, 0.3) is 98.8 Å². The van der Waals surface area contributed by atoms with Crippen LogP contribution in [0.4, 0.5) is 17.1 Å². The quantitative estimate of drug-likeness (QED) is 0.150. The summed E-state index contributed by atoms with van der Waals surface area (Å²) in [5.74, 6) is 0. The van der Waals surface area contributed by atoms with E-state index in [1.807, 2.05) is 12.1 Å². The first-order chi connectivity index (χ1) is 30.7. The fourth-order valence-corrected chi connectivity index (χ4v) is 9.43. The topological polar surface area (TPSA) is 16.4 Å². The van der Waals surface area contributed by atoms with Crippen LogP contribution in [-0.4, -0.2) is 0 Å². The van der Waals surface area contributed by atoms with Gasteiger partial charge in [-0.3, -0.25) is 0 Å². The van der Waals surface area contributed by atoms with E-state index in [-0.39, 0.29) is 0 Å². The van der Waals surface area contributed by atoms with E-state index in [0.717, 1.165) is 44.6 Å². The van der Waals surface area contributed by atoms with Gasteiger partial charge in [-0.05, 0) is 125 Å². The first-order valence-electron chi connectivity index (χ1n) is 21.2. The van der Waals surface area contributed by atoms with E-state index in [1.54, 1.807) is 0 Å². The van der Waals surface area contributed by atoms with Crippen molar-refractivity contribution in [2.75, 3.05) is 4.90 Å². The van der Waals surface area contributed by atoms with E-state index < -0.39 is 0 Å². The van der Waals surface area contributed by atoms with Crippen LogP contribution < -0.4 is 4.90 Å². The molecule has 0 atom stereocenters. The van der Waals surface area contributed by atoms with Gasteiger partial charge in [0.05, 0.1) is 11.1 Å². The van der Waals surface area contributed by atoms with Crippen LogP contribution in [-0.2, 0) is 0 Å². The van der Waals surface area contributed by atoms with Gasteiger partial charge in [0.2, 0.25) is 0 Å². The highest BCUT2D eigenvalue weighted by molar-refractivity contribution is 6.15. The minimum absolute atomic E-state index is 0.870. The smallest absolute Gasteiger partial charge is 0.137 e. The van der Waals surface area contributed by atoms with Crippen molar-refractivity contribution in [1.29, 1.82) is 0 Å². The summed E-state index contributed by atoms with van der Waals surface area (Å²) in [6.07, 6.45) is 0. The van der Waals surface area contributed by atoms with Crippen molar-refractivity contribution in [3.05, 3.63) is 237 Å². The summed E-state index contributed by atoms with van der Waals surface area (Å²) in [6, 6.07) is 85.4. The number of hydrogen-bond donors (Lipinski definition) is 0. The Morgan fingerprint density at radius 2 is 0.726 bits per heavy atom. The van der Waals surface area contributed by atoms with Crippen LogP contribution in [0.2, 0.25) is 0 Å². The SMILES string of the molecule is c1ccc2c(-c3ccc(N(c4ccc(-c5ccc(-c6ccc(-c7cc8ccccc8c8ccccc78)cc6)cc5)cc4)c4cccc5oc6ccccc6c45)cc3)cccc2c1. The van der Waals surface area contributed by atoms with Gasteiger partial charge in [0.15, 0.2) is 0 Å². The molecule has 0 N–H and O–H groups in total. The maximum Gasteiger partial charge on any atom is 0.137 e. The number of benzene rings is 11. The predicted molar refractivity (Wildman–Crippen MR) is 263 cm³/mol. The fraction of sp³-hybridized carbons (Fsp3) is 0. The van der Waals surface area contributed by atoms with Crippen molar-refractivity contribution in [2.24, 2.45) is 0 Å². The second-order valence-corrected chi connectivity index (χ2v) is 16.0. The second kappa shape index (κ2) is 14.8. The monoisotopic (exact) mass is 789 g/mol. The Bertz CT molecular complexity index is 3590. The van der Waals surface area contributed by atoms with Crippen molar-refractivity contribution in [3.8, 4) is 44.5 Å². The predicted octanol–water partition coefficient (Wildman–Crippen LogP) is 17.2. The van der Waals surface area contributed by atoms with Gasteiger partial charge in [-0.15, -0.1) is 0 Å². The van der Waals surface area contributed by atoms with E-state index in [0.29, 0.717) is 0 Å². The molecule has 0 aliphatic rings. The molecule has 0 amide bonds. The highest BCUT2D eigenvalue weighted by atomic mass is 16.3. The lowest BCUT2D eigenvalue weighted by Gasteiger charge is -2.26. The van der Waals surface area contributed by atoms with E-state index >= 15 is 0 Å². The molecule has 0 bridgehead atoms. The minimum atomic E-state index is 0.870. The first kappa shape index (κ1) is 35.7. The number of anilines is 3. The Morgan fingerprint density at radius 1 is 0.274 bits per heavy atom. The number of furan rings is 1. The molecule has 11 aromatic carbocycles. The molecule has 0 aliphatic carbocycles. The van der Waals surface area contributed by atoms with Gasteiger partial charge >= 0.3 is 0 Å². The van der Waals surface area contributed by atoms with Crippen molar-refractivity contribution in [2.45, 2.75) is 0 Å². The average Bonchev–Trinajstić information content (AvgIpc) is 3.74. The normalized spacial score (nSPS) is 11.5. The van der Waals surface area contributed by atoms with Crippen molar-refractivity contribution in [3.63, 3.8) is 0 Å². The number of rotatable bonds is 7. The molecule has 0 saturated carbocycles. The molecule has 290 valence electrons. The molecule has 0 spiro atoms. The summed E-state index contributed by atoms with van der Waals surface area (Å²) in [4.78, 5) is 2.36. The minimum Gasteiger partial charge on any atom is -0.456 e. The Balaban J connectivity index is 0.873. The molecule has 0 saturated heterocycles. The van der Waals surface area contributed by atoms with Gasteiger partial charge in [0, 0.05) is 16.8 Å². The lowest BCUT2D eigenvalue weighted by molar-refractivity contribution is 0.669. The molecular formula is C60H39NO. The molecule has 12 rings (SSSR count). The lowest BCUT2D eigenvalue weighted by Crippen LogP contribution is -2.10. The van der Waals surface area contributed by atoms with Crippen LogP contribution in [0.15, 0.2) is 241 Å². The van der Waals surface area contributed by atoms with Crippen LogP contribution in [0, 0.1) is 0 Å². The highest BCUT2D eigenvalue weighted by Gasteiger charge is 2.20. The number of para-hydroxylation sites is 1. The van der Waals surface area contributed by atoms with Crippen molar-refractivity contribution in [1.82, 2.24) is 0 Å². The van der Waals surface area contributed by atoms with Gasteiger partial charge in [-0.2, -0.15) is 0 Å². The molecule has 0 radical (unpaired) electrons. The molecule has 1 heterocycles. The average molecular weight is 790 g/mol. The van der Waals surface area contributed by atoms with Gasteiger partial charge < -0.3 is 9.32 Å². The maximum absolute atomic E-state index is 6.38. The summed E-state index contributed by atoms with van der Waals surface area (Å²) in [6.45, 7) is 0. The van der Waals surface area contributed by atoms with E-state index in [9.17, 15) is 0 Å². The number of nitrogens with zero attached hydrogens (tertiary/aromatic N) is 1. The summed E-state index contributed by atoms with van der Waals surface area (Å²) >= 11 is 0. The Labute approximate surface area is 360 Å². The van der Waals surface area contributed by atoms with Crippen LogP contribution >= 0.6 is 0 Å². The first-order valence-corrected chi connectivity index (χ1v) is 21.2. The summed E-state index contributed by atoms with van der Waals surface area (Å²) in [5, 5.41) is 9.81. The second-order valence-electron chi connectivity index (χ2n) is 16.0. The lowest BCUT2D eigenvalue weighted by atomic mass is 9.92. The zero-order valence-electron chi connectivity index (χ0n) is 33.9. The van der Waals surface area contributed by atoms with Gasteiger partial charge in [-0.25, -0.2) is 0 Å². The van der Waals surface area contributed by atoms with Crippen molar-refractivity contribution >= 4 is 71.3 Å². The van der Waals surface area contributed by atoms with E-state index in [4.69, 9.17) is 4.42 Å². The molecule has 0 aliphatic heterocycles. The molecule has 62 heavy (non-hydrogen) atoms. The van der Waals surface area contributed by atoms with Gasteiger partial charge in [0.1, 0.15) is 11.2 Å². The van der Waals surface area contributed by atoms with E-state index in [2.05, 4.69) is 229 Å². The zero-order chi connectivity index (χ0) is 41.0. The fourth-order valence-electron chi connectivity index (χ4n) is 9.43. The van der Waals surface area contributed by atoms with Gasteiger partial charge in [-0.1, -0.05) is 188 Å². The highest BCUT2D eigenvalue weighted by Crippen LogP contribution is 2.44. The molecule has 2 nitrogen and oxygen atoms in total. The van der Waals surface area contributed by atoms with E-state index in [1.165, 1.54) is 71.3 Å². The zero-order valence-corrected chi connectivity index (χ0v) is 33.9. The number of fused-ring (bicyclic) bond motifs is 7.